The lowest BCUT2D eigenvalue weighted by Gasteiger charge is -2.25. The van der Waals surface area contributed by atoms with E-state index in [0.29, 0.717) is 28.1 Å². The summed E-state index contributed by atoms with van der Waals surface area (Å²) < 4.78 is 6.82. The third-order valence-corrected chi connectivity index (χ3v) is 5.90. The number of carbonyl (C=O) groups is 1. The number of quaternary nitrogens is 1. The van der Waals surface area contributed by atoms with Crippen molar-refractivity contribution in [1.82, 2.24) is 4.90 Å². The highest BCUT2D eigenvalue weighted by molar-refractivity contribution is 9.10. The van der Waals surface area contributed by atoms with E-state index in [1.165, 1.54) is 4.90 Å². The predicted molar refractivity (Wildman–Crippen MR) is 117 cm³/mol. The van der Waals surface area contributed by atoms with Gasteiger partial charge in [0.2, 0.25) is 5.76 Å². The second kappa shape index (κ2) is 7.94. The highest BCUT2D eigenvalue weighted by Crippen LogP contribution is 2.39. The molecule has 0 radical (unpaired) electrons. The van der Waals surface area contributed by atoms with Gasteiger partial charge in [-0.3, -0.25) is 9.59 Å². The minimum Gasteiger partial charge on any atom is -0.450 e. The van der Waals surface area contributed by atoms with Gasteiger partial charge in [-0.2, -0.15) is 0 Å². The Balaban J connectivity index is 1.89. The van der Waals surface area contributed by atoms with Crippen LogP contribution in [0.5, 0.6) is 0 Å². The van der Waals surface area contributed by atoms with Crippen LogP contribution in [0.15, 0.2) is 56.1 Å². The van der Waals surface area contributed by atoms with Gasteiger partial charge in [-0.1, -0.05) is 39.7 Å². The molecule has 2 heterocycles. The molecule has 0 aliphatic carbocycles. The summed E-state index contributed by atoms with van der Waals surface area (Å²) in [5, 5.41) is 0.850. The molecule has 1 aliphatic heterocycles. The van der Waals surface area contributed by atoms with Gasteiger partial charge in [0.1, 0.15) is 5.58 Å². The fourth-order valence-corrected chi connectivity index (χ4v) is 4.44. The number of nitrogens with zero attached hydrogens (tertiary/aromatic N) is 1. The summed E-state index contributed by atoms with van der Waals surface area (Å²) in [5.74, 6) is -0.111. The van der Waals surface area contributed by atoms with Crippen molar-refractivity contribution < 1.29 is 14.1 Å². The van der Waals surface area contributed by atoms with Crippen LogP contribution in [-0.4, -0.2) is 38.0 Å². The van der Waals surface area contributed by atoms with Gasteiger partial charge in [-0.05, 0) is 35.9 Å². The fraction of sp³-hybridized carbons (Fsp3) is 0.273. The highest BCUT2D eigenvalue weighted by Gasteiger charge is 2.42. The van der Waals surface area contributed by atoms with E-state index in [1.807, 2.05) is 24.3 Å². The average molecular weight is 477 g/mol. The zero-order chi connectivity index (χ0) is 20.7. The van der Waals surface area contributed by atoms with Gasteiger partial charge in [0.15, 0.2) is 5.43 Å². The maximum absolute atomic E-state index is 13.4. The van der Waals surface area contributed by atoms with E-state index in [4.69, 9.17) is 16.0 Å². The van der Waals surface area contributed by atoms with Crippen LogP contribution in [0, 0.1) is 0 Å². The number of hydrogen-bond donors (Lipinski definition) is 1. The molecule has 1 unspecified atom stereocenters. The molecule has 3 aromatic rings. The lowest BCUT2D eigenvalue weighted by molar-refractivity contribution is -0.858. The quantitative estimate of drug-likeness (QED) is 0.615. The number of carbonyl (C=O) groups excluding carboxylic acids is 1. The summed E-state index contributed by atoms with van der Waals surface area (Å²) >= 11 is 9.60. The van der Waals surface area contributed by atoms with E-state index in [-0.39, 0.29) is 17.1 Å². The molecule has 1 N–H and O–H groups in total. The SMILES string of the molecule is C[NH+](C)CCCN1C(=O)c2oc3ccc(Cl)cc3c(=O)c2C1c1cccc(Br)c1. The number of hydrogen-bond acceptors (Lipinski definition) is 3. The third-order valence-electron chi connectivity index (χ3n) is 5.17. The Labute approximate surface area is 182 Å². The van der Waals surface area contributed by atoms with Gasteiger partial charge < -0.3 is 14.2 Å². The molecule has 0 bridgehead atoms. The van der Waals surface area contributed by atoms with Gasteiger partial charge in [-0.25, -0.2) is 0 Å². The van der Waals surface area contributed by atoms with E-state index in [9.17, 15) is 9.59 Å². The van der Waals surface area contributed by atoms with E-state index in [1.54, 1.807) is 23.1 Å². The average Bonchev–Trinajstić information content (AvgIpc) is 2.95. The number of nitrogens with one attached hydrogen (secondary N) is 1. The molecule has 29 heavy (non-hydrogen) atoms. The normalized spacial score (nSPS) is 16.1. The molecular weight excluding hydrogens is 456 g/mol. The Morgan fingerprint density at radius 2 is 1.97 bits per heavy atom. The molecule has 0 saturated carbocycles. The first-order chi connectivity index (χ1) is 13.9. The van der Waals surface area contributed by atoms with Crippen molar-refractivity contribution in [1.29, 1.82) is 0 Å². The zero-order valence-corrected chi connectivity index (χ0v) is 18.5. The van der Waals surface area contributed by atoms with Gasteiger partial charge in [0, 0.05) is 22.5 Å². The Bertz CT molecular complexity index is 1160. The molecule has 4 rings (SSSR count). The lowest BCUT2D eigenvalue weighted by atomic mass is 9.98. The van der Waals surface area contributed by atoms with Crippen molar-refractivity contribution in [2.75, 3.05) is 27.2 Å². The first kappa shape index (κ1) is 20.1. The number of fused-ring (bicyclic) bond motifs is 2. The minimum atomic E-state index is -0.480. The Morgan fingerprint density at radius 3 is 2.69 bits per heavy atom. The summed E-state index contributed by atoms with van der Waals surface area (Å²) in [6.45, 7) is 1.46. The number of amides is 1. The molecule has 2 aromatic carbocycles. The molecule has 0 fully saturated rings. The van der Waals surface area contributed by atoms with Gasteiger partial charge >= 0.3 is 0 Å². The van der Waals surface area contributed by atoms with Gasteiger partial charge in [0.25, 0.3) is 5.91 Å². The Hall–Kier alpha value is -2.15. The van der Waals surface area contributed by atoms with Crippen LogP contribution in [0.25, 0.3) is 11.0 Å². The molecule has 150 valence electrons. The van der Waals surface area contributed by atoms with E-state index in [2.05, 4.69) is 30.0 Å². The Morgan fingerprint density at radius 1 is 1.17 bits per heavy atom. The van der Waals surface area contributed by atoms with Gasteiger partial charge in [0.05, 0.1) is 37.6 Å². The summed E-state index contributed by atoms with van der Waals surface area (Å²) in [4.78, 5) is 29.7. The van der Waals surface area contributed by atoms with Crippen LogP contribution < -0.4 is 10.3 Å². The van der Waals surface area contributed by atoms with Crippen LogP contribution in [0.3, 0.4) is 0 Å². The standard InChI is InChI=1S/C22H20BrClN2O3/c1-25(2)9-4-10-26-19(13-5-3-6-14(23)11-13)18-20(27)16-12-15(24)7-8-17(16)29-21(18)22(26)28/h3,5-8,11-12,19H,4,9-10H2,1-2H3/p+1. The molecular formula is C22H21BrClN2O3+. The number of rotatable bonds is 5. The van der Waals surface area contributed by atoms with Crippen molar-refractivity contribution in [3.05, 3.63) is 79.1 Å². The van der Waals surface area contributed by atoms with Crippen LogP contribution in [0.2, 0.25) is 5.02 Å². The second-order valence-corrected chi connectivity index (χ2v) is 8.93. The van der Waals surface area contributed by atoms with Crippen molar-refractivity contribution in [3.8, 4) is 0 Å². The minimum absolute atomic E-state index is 0.131. The highest BCUT2D eigenvalue weighted by atomic mass is 79.9. The van der Waals surface area contributed by atoms with E-state index < -0.39 is 6.04 Å². The molecule has 0 saturated heterocycles. The van der Waals surface area contributed by atoms with Crippen molar-refractivity contribution in [2.45, 2.75) is 12.5 Å². The summed E-state index contributed by atoms with van der Waals surface area (Å²) in [5.41, 5.74) is 1.43. The first-order valence-corrected chi connectivity index (χ1v) is 10.7. The van der Waals surface area contributed by atoms with E-state index in [0.717, 1.165) is 23.0 Å². The largest absolute Gasteiger partial charge is 0.450 e. The van der Waals surface area contributed by atoms with Crippen LogP contribution >= 0.6 is 27.5 Å². The zero-order valence-electron chi connectivity index (χ0n) is 16.2. The molecule has 7 heteroatoms. The van der Waals surface area contributed by atoms with Crippen molar-refractivity contribution in [3.63, 3.8) is 0 Å². The number of halogens is 2. The fourth-order valence-electron chi connectivity index (χ4n) is 3.85. The van der Waals surface area contributed by atoms with Crippen LogP contribution in [-0.2, 0) is 0 Å². The topological polar surface area (TPSA) is 55.0 Å². The molecule has 0 spiro atoms. The molecule has 5 nitrogen and oxygen atoms in total. The molecule has 1 aromatic heterocycles. The number of benzene rings is 2. The monoisotopic (exact) mass is 475 g/mol. The molecule has 1 atom stereocenters. The lowest BCUT2D eigenvalue weighted by Crippen LogP contribution is -3.05. The van der Waals surface area contributed by atoms with Crippen molar-refractivity contribution >= 4 is 44.4 Å². The molecule has 1 amide bonds. The smallest absolute Gasteiger partial charge is 0.290 e. The summed E-state index contributed by atoms with van der Waals surface area (Å²) in [6, 6.07) is 12.1. The van der Waals surface area contributed by atoms with Crippen LogP contribution in [0.4, 0.5) is 0 Å². The van der Waals surface area contributed by atoms with Crippen molar-refractivity contribution in [2.24, 2.45) is 0 Å². The maximum atomic E-state index is 13.4. The predicted octanol–water partition coefficient (Wildman–Crippen LogP) is 3.29. The van der Waals surface area contributed by atoms with E-state index >= 15 is 0 Å². The first-order valence-electron chi connectivity index (χ1n) is 9.48. The maximum Gasteiger partial charge on any atom is 0.290 e. The van der Waals surface area contributed by atoms with Gasteiger partial charge in [-0.15, -0.1) is 0 Å². The summed E-state index contributed by atoms with van der Waals surface area (Å²) in [7, 11) is 4.15. The van der Waals surface area contributed by atoms with Crippen LogP contribution in [0.1, 0.15) is 34.1 Å². The molecule has 1 aliphatic rings. The Kier molecular flexibility index (Phi) is 5.51. The third kappa shape index (κ3) is 3.72. The second-order valence-electron chi connectivity index (χ2n) is 7.58. The summed E-state index contributed by atoms with van der Waals surface area (Å²) in [6.07, 6.45) is 0.825.